The molecule has 1 saturated heterocycles. The van der Waals surface area contributed by atoms with Crippen molar-refractivity contribution in [2.75, 3.05) is 27.9 Å². The average molecular weight is 530 g/mol. The molecule has 3 N–H and O–H groups in total. The van der Waals surface area contributed by atoms with Crippen LogP contribution in [0.5, 0.6) is 17.2 Å². The van der Waals surface area contributed by atoms with Crippen LogP contribution in [0.2, 0.25) is 0 Å². The Bertz CT molecular complexity index is 991. The van der Waals surface area contributed by atoms with Crippen LogP contribution in [0.3, 0.4) is 0 Å². The van der Waals surface area contributed by atoms with Crippen molar-refractivity contribution in [1.82, 2.24) is 10.2 Å². The highest BCUT2D eigenvalue weighted by molar-refractivity contribution is 5.95. The van der Waals surface area contributed by atoms with Crippen LogP contribution in [-0.2, 0) is 14.4 Å². The normalized spacial score (nSPS) is 22.4. The highest BCUT2D eigenvalue weighted by Crippen LogP contribution is 2.45. The van der Waals surface area contributed by atoms with Crippen molar-refractivity contribution in [1.29, 1.82) is 0 Å². The number of rotatable bonds is 9. The van der Waals surface area contributed by atoms with Crippen molar-refractivity contribution in [3.8, 4) is 17.2 Å². The molecule has 4 rings (SSSR count). The summed E-state index contributed by atoms with van der Waals surface area (Å²) in [5, 5.41) is 2.99. The van der Waals surface area contributed by atoms with Crippen LogP contribution in [0.25, 0.3) is 0 Å². The number of primary amides is 1. The summed E-state index contributed by atoms with van der Waals surface area (Å²) in [6.45, 7) is 0.508. The Morgan fingerprint density at radius 1 is 0.895 bits per heavy atom. The number of nitrogens with two attached hydrogens (primary N) is 1. The zero-order chi connectivity index (χ0) is 27.3. The largest absolute Gasteiger partial charge is 0.493 e. The Morgan fingerprint density at radius 3 is 2.05 bits per heavy atom. The van der Waals surface area contributed by atoms with Gasteiger partial charge in [0.25, 0.3) is 0 Å². The molecule has 9 nitrogen and oxygen atoms in total. The van der Waals surface area contributed by atoms with Crippen LogP contribution < -0.4 is 25.3 Å². The average Bonchev–Trinajstić information content (AvgIpc) is 3.43. The topological polar surface area (TPSA) is 120 Å². The molecule has 0 radical (unpaired) electrons. The number of methoxy groups -OCH3 is 3. The van der Waals surface area contributed by atoms with Gasteiger partial charge in [0.05, 0.1) is 27.2 Å². The van der Waals surface area contributed by atoms with E-state index in [0.717, 1.165) is 63.4 Å². The number of hydrogen-bond acceptors (Lipinski definition) is 6. The van der Waals surface area contributed by atoms with Crippen molar-refractivity contribution >= 4 is 17.7 Å². The molecule has 1 aromatic carbocycles. The predicted molar refractivity (Wildman–Crippen MR) is 143 cm³/mol. The van der Waals surface area contributed by atoms with E-state index in [1.165, 1.54) is 0 Å². The third kappa shape index (κ3) is 5.57. The fraction of sp³-hybridized carbons (Fsp3) is 0.690. The lowest BCUT2D eigenvalue weighted by molar-refractivity contribution is -0.146. The predicted octanol–water partition coefficient (Wildman–Crippen LogP) is 3.67. The van der Waals surface area contributed by atoms with Crippen LogP contribution in [-0.4, -0.2) is 62.1 Å². The van der Waals surface area contributed by atoms with Gasteiger partial charge in [-0.3, -0.25) is 14.4 Å². The van der Waals surface area contributed by atoms with E-state index in [-0.39, 0.29) is 17.7 Å². The molecule has 9 heteroatoms. The summed E-state index contributed by atoms with van der Waals surface area (Å²) in [5.41, 5.74) is 5.54. The number of piperidine rings is 1. The Kier molecular flexibility index (Phi) is 9.05. The van der Waals surface area contributed by atoms with Gasteiger partial charge in [-0.25, -0.2) is 0 Å². The minimum absolute atomic E-state index is 0.0504. The van der Waals surface area contributed by atoms with Crippen LogP contribution in [0, 0.1) is 5.92 Å². The van der Waals surface area contributed by atoms with Crippen molar-refractivity contribution < 1.29 is 28.6 Å². The second-order valence-corrected chi connectivity index (χ2v) is 11.0. The number of likely N-dealkylation sites (tertiary alicyclic amines) is 1. The van der Waals surface area contributed by atoms with E-state index in [0.29, 0.717) is 43.1 Å². The van der Waals surface area contributed by atoms with Gasteiger partial charge in [-0.05, 0) is 68.6 Å². The molecule has 0 spiro atoms. The smallest absolute Gasteiger partial charge is 0.243 e. The van der Waals surface area contributed by atoms with E-state index in [2.05, 4.69) is 5.32 Å². The molecule has 0 aromatic heterocycles. The van der Waals surface area contributed by atoms with Crippen LogP contribution in [0.4, 0.5) is 0 Å². The monoisotopic (exact) mass is 529 g/mol. The summed E-state index contributed by atoms with van der Waals surface area (Å²) in [6.07, 6.45) is 10.3. The molecule has 1 aliphatic heterocycles. The van der Waals surface area contributed by atoms with Gasteiger partial charge in [0, 0.05) is 6.54 Å². The summed E-state index contributed by atoms with van der Waals surface area (Å²) >= 11 is 0. The summed E-state index contributed by atoms with van der Waals surface area (Å²) in [7, 11) is 4.70. The number of carbonyl (C=O) groups excluding carboxylic acids is 3. The molecule has 2 atom stereocenters. The standard InChI is InChI=1S/C29H43N3O6/c1-36-22-17-20(18-23(37-2)25(22)38-3)24(19-11-5-4-6-12-19)27(34)32-16-10-7-13-21(32)26(33)31-29(28(30)35)14-8-9-15-29/h17-19,21,24H,4-16H2,1-3H3,(H2,30,35)(H,31,33)/t21-,24-/m0/s1. The number of hydrogen-bond donors (Lipinski definition) is 2. The number of carbonyl (C=O) groups is 3. The molecule has 2 saturated carbocycles. The lowest BCUT2D eigenvalue weighted by atomic mass is 9.75. The van der Waals surface area contributed by atoms with Crippen LogP contribution >= 0.6 is 0 Å². The first-order chi connectivity index (χ1) is 18.3. The van der Waals surface area contributed by atoms with Crippen molar-refractivity contribution in [2.24, 2.45) is 11.7 Å². The number of nitrogens with zero attached hydrogens (tertiary/aromatic N) is 1. The third-order valence-corrected chi connectivity index (χ3v) is 8.81. The van der Waals surface area contributed by atoms with Crippen molar-refractivity contribution in [3.63, 3.8) is 0 Å². The Hall–Kier alpha value is -2.97. The molecule has 3 amide bonds. The van der Waals surface area contributed by atoms with Crippen molar-refractivity contribution in [2.45, 2.75) is 94.5 Å². The van der Waals surface area contributed by atoms with E-state index >= 15 is 0 Å². The van der Waals surface area contributed by atoms with Gasteiger partial charge in [-0.2, -0.15) is 0 Å². The SMILES string of the molecule is COc1cc([C@@H](C(=O)N2CCCC[C@H]2C(=O)NC2(C(N)=O)CCCC2)C2CCCCC2)cc(OC)c1OC. The Morgan fingerprint density at radius 2 is 1.50 bits per heavy atom. The third-order valence-electron chi connectivity index (χ3n) is 8.81. The molecule has 3 aliphatic rings. The minimum Gasteiger partial charge on any atom is -0.493 e. The molecule has 2 aliphatic carbocycles. The second-order valence-electron chi connectivity index (χ2n) is 11.0. The zero-order valence-electron chi connectivity index (χ0n) is 23.1. The molecule has 1 aromatic rings. The van der Waals surface area contributed by atoms with E-state index in [1.807, 2.05) is 12.1 Å². The molecule has 3 fully saturated rings. The van der Waals surface area contributed by atoms with Gasteiger partial charge in [0.2, 0.25) is 23.5 Å². The fourth-order valence-electron chi connectivity index (χ4n) is 6.74. The highest BCUT2D eigenvalue weighted by atomic mass is 16.5. The lowest BCUT2D eigenvalue weighted by Gasteiger charge is -2.41. The number of benzene rings is 1. The number of nitrogens with one attached hydrogen (secondary N) is 1. The minimum atomic E-state index is -1.01. The van der Waals surface area contributed by atoms with Crippen LogP contribution in [0.15, 0.2) is 12.1 Å². The van der Waals surface area contributed by atoms with Gasteiger partial charge in [0.15, 0.2) is 11.5 Å². The van der Waals surface area contributed by atoms with E-state index in [1.54, 1.807) is 26.2 Å². The maximum absolute atomic E-state index is 14.5. The van der Waals surface area contributed by atoms with Gasteiger partial charge < -0.3 is 30.2 Å². The van der Waals surface area contributed by atoms with Crippen molar-refractivity contribution in [3.05, 3.63) is 17.7 Å². The maximum Gasteiger partial charge on any atom is 0.243 e. The first-order valence-corrected chi connectivity index (χ1v) is 14.1. The number of amides is 3. The Labute approximate surface area is 225 Å². The van der Waals surface area contributed by atoms with E-state index < -0.39 is 23.4 Å². The van der Waals surface area contributed by atoms with Crippen LogP contribution in [0.1, 0.15) is 88.5 Å². The molecule has 0 unspecified atom stereocenters. The van der Waals surface area contributed by atoms with Gasteiger partial charge in [0.1, 0.15) is 11.6 Å². The molecule has 38 heavy (non-hydrogen) atoms. The number of ether oxygens (including phenoxy) is 3. The van der Waals surface area contributed by atoms with Gasteiger partial charge >= 0.3 is 0 Å². The van der Waals surface area contributed by atoms with E-state index in [4.69, 9.17) is 19.9 Å². The maximum atomic E-state index is 14.5. The zero-order valence-corrected chi connectivity index (χ0v) is 23.1. The highest BCUT2D eigenvalue weighted by Gasteiger charge is 2.45. The lowest BCUT2D eigenvalue weighted by Crippen LogP contribution is -2.61. The molecular formula is C29H43N3O6. The Balaban J connectivity index is 1.68. The summed E-state index contributed by atoms with van der Waals surface area (Å²) in [6, 6.07) is 3.12. The van der Waals surface area contributed by atoms with E-state index in [9.17, 15) is 14.4 Å². The fourth-order valence-corrected chi connectivity index (χ4v) is 6.74. The first kappa shape index (κ1) is 28.0. The molecule has 1 heterocycles. The molecular weight excluding hydrogens is 486 g/mol. The second kappa shape index (κ2) is 12.3. The first-order valence-electron chi connectivity index (χ1n) is 14.1. The molecule has 0 bridgehead atoms. The van der Waals surface area contributed by atoms with Gasteiger partial charge in [-0.15, -0.1) is 0 Å². The quantitative estimate of drug-likeness (QED) is 0.504. The summed E-state index contributed by atoms with van der Waals surface area (Å²) < 4.78 is 16.7. The molecule has 210 valence electrons. The van der Waals surface area contributed by atoms with Gasteiger partial charge in [-0.1, -0.05) is 32.1 Å². The summed E-state index contributed by atoms with van der Waals surface area (Å²) in [5.74, 6) is 0.398. The summed E-state index contributed by atoms with van der Waals surface area (Å²) in [4.78, 5) is 42.2.